The second-order valence-corrected chi connectivity index (χ2v) is 18.7. The molecule has 248 valence electrons. The van der Waals surface area contributed by atoms with Crippen LogP contribution >= 0.6 is 0 Å². The first-order valence-corrected chi connectivity index (χ1v) is 18.3. The molecule has 0 spiro atoms. The molecule has 4 rings (SSSR count). The molecule has 5 heteroatoms. The first kappa shape index (κ1) is 44.9. The van der Waals surface area contributed by atoms with E-state index in [0.717, 1.165) is 25.7 Å². The van der Waals surface area contributed by atoms with Gasteiger partial charge in [-0.25, -0.2) is 5.57 Å². The third kappa shape index (κ3) is 9.13. The molecule has 0 saturated carbocycles. The molecule has 1 aliphatic rings. The van der Waals surface area contributed by atoms with Crippen molar-refractivity contribution in [1.29, 1.82) is 0 Å². The van der Waals surface area contributed by atoms with Crippen molar-refractivity contribution in [2.75, 3.05) is 0 Å². The zero-order valence-electron chi connectivity index (χ0n) is 30.3. The van der Waals surface area contributed by atoms with Crippen LogP contribution in [0.4, 0.5) is 0 Å². The molecule has 0 saturated heterocycles. The van der Waals surface area contributed by atoms with Gasteiger partial charge in [0.15, 0.2) is 0 Å². The maximum Gasteiger partial charge on any atom is 4.00 e. The molecule has 3 aromatic carbocycles. The second-order valence-electron chi connectivity index (χ2n) is 14.9. The van der Waals surface area contributed by atoms with E-state index in [1.54, 1.807) is 5.20 Å². The van der Waals surface area contributed by atoms with E-state index in [2.05, 4.69) is 150 Å². The molecule has 1 aliphatic carbocycles. The minimum atomic E-state index is -2.75. The number of halogens is 3. The van der Waals surface area contributed by atoms with Crippen LogP contribution in [0, 0.1) is 25.8 Å². The van der Waals surface area contributed by atoms with E-state index in [4.69, 9.17) is 0 Å². The van der Waals surface area contributed by atoms with Gasteiger partial charge in [0.1, 0.15) is 0 Å². The molecule has 0 radical (unpaired) electrons. The van der Waals surface area contributed by atoms with Gasteiger partial charge in [-0.1, -0.05) is 163 Å². The largest absolute Gasteiger partial charge is 4.00 e. The number of hydrogen-bond donors (Lipinski definition) is 0. The molecule has 0 bridgehead atoms. The molecule has 0 aromatic heterocycles. The molecular formula is C41H55Cl3SiTi. The summed E-state index contributed by atoms with van der Waals surface area (Å²) in [7, 11) is -2.75. The Morgan fingerprint density at radius 1 is 0.652 bits per heavy atom. The Morgan fingerprint density at radius 2 is 1.09 bits per heavy atom. The Labute approximate surface area is 316 Å². The number of allylic oxidation sites excluding steroid dienone is 4. The summed E-state index contributed by atoms with van der Waals surface area (Å²) in [5, 5.41) is 6.14. The first-order chi connectivity index (χ1) is 19.6. The van der Waals surface area contributed by atoms with Crippen molar-refractivity contribution in [3.63, 3.8) is 0 Å². The van der Waals surface area contributed by atoms with Crippen LogP contribution < -0.4 is 52.8 Å². The van der Waals surface area contributed by atoms with Crippen LogP contribution in [0.5, 0.6) is 0 Å². The van der Waals surface area contributed by atoms with E-state index >= 15 is 0 Å². The summed E-state index contributed by atoms with van der Waals surface area (Å²) >= 11 is 0. The Bertz CT molecular complexity index is 1450. The Balaban J connectivity index is 0.00000506. The van der Waals surface area contributed by atoms with Crippen molar-refractivity contribution in [2.45, 2.75) is 120 Å². The van der Waals surface area contributed by atoms with Gasteiger partial charge in [0.05, 0.1) is 8.07 Å². The zero-order valence-corrected chi connectivity index (χ0v) is 35.1. The molecule has 0 amide bonds. The van der Waals surface area contributed by atoms with Gasteiger partial charge in [-0.2, -0.15) is 11.3 Å². The van der Waals surface area contributed by atoms with Crippen LogP contribution in [0.2, 0.25) is 0 Å². The van der Waals surface area contributed by atoms with Crippen molar-refractivity contribution in [3.8, 4) is 0 Å². The Morgan fingerprint density at radius 3 is 1.50 bits per heavy atom. The summed E-state index contributed by atoms with van der Waals surface area (Å²) in [5.74, 6) is 0.476. The third-order valence-corrected chi connectivity index (χ3v) is 14.2. The van der Waals surface area contributed by atoms with Gasteiger partial charge in [0.2, 0.25) is 0 Å². The summed E-state index contributed by atoms with van der Waals surface area (Å²) < 4.78 is 0. The zero-order chi connectivity index (χ0) is 31.0. The average molecular weight is 730 g/mol. The molecular weight excluding hydrogens is 675 g/mol. The predicted octanol–water partition coefficient (Wildman–Crippen LogP) is 0.148. The summed E-state index contributed by atoms with van der Waals surface area (Å²) in [5.41, 5.74) is 10.0. The van der Waals surface area contributed by atoms with Crippen molar-refractivity contribution < 1.29 is 58.9 Å². The number of hydrogen-bond acceptors (Lipinski definition) is 0. The minimum absolute atomic E-state index is 0. The molecule has 0 heterocycles. The van der Waals surface area contributed by atoms with Crippen LogP contribution in [-0.2, 0) is 45.4 Å². The molecule has 2 atom stereocenters. The van der Waals surface area contributed by atoms with Crippen molar-refractivity contribution in [1.82, 2.24) is 0 Å². The normalized spacial score (nSPS) is 14.8. The fourth-order valence-corrected chi connectivity index (χ4v) is 12.2. The van der Waals surface area contributed by atoms with Gasteiger partial charge in [0, 0.05) is 0 Å². The molecule has 0 fully saturated rings. The first-order valence-electron chi connectivity index (χ1n) is 16.3. The fourth-order valence-electron chi connectivity index (χ4n) is 6.72. The van der Waals surface area contributed by atoms with E-state index in [-0.39, 0.29) is 69.8 Å². The van der Waals surface area contributed by atoms with E-state index in [1.807, 2.05) is 0 Å². The van der Waals surface area contributed by atoms with E-state index < -0.39 is 8.07 Å². The van der Waals surface area contributed by atoms with Gasteiger partial charge in [-0.15, -0.1) is 6.42 Å². The Hall–Kier alpha value is -1.06. The van der Waals surface area contributed by atoms with Gasteiger partial charge in [0.25, 0.3) is 0 Å². The monoisotopic (exact) mass is 728 g/mol. The van der Waals surface area contributed by atoms with Crippen LogP contribution in [0.1, 0.15) is 115 Å². The summed E-state index contributed by atoms with van der Waals surface area (Å²) in [4.78, 5) is 0. The van der Waals surface area contributed by atoms with Crippen LogP contribution in [0.3, 0.4) is 0 Å². The summed E-state index contributed by atoms with van der Waals surface area (Å²) in [6.07, 6.45) is 10.6. The van der Waals surface area contributed by atoms with Crippen molar-refractivity contribution in [2.24, 2.45) is 5.92 Å². The third-order valence-electron chi connectivity index (χ3n) is 9.45. The molecule has 3 aromatic rings. The smallest absolute Gasteiger partial charge is 1.00 e. The number of aryl methyl sites for hydroxylation is 4. The SMILES string of the molecule is CCc1cc(CC)cc([Si](C2=CC[C-]=C2C(C)CC)(c2cc(C)cc(C)c2)c2cc(C(C)(C)C)cc(C(C)(C)C)c2)c1.[Cl-].[Cl-].[Cl-].[Ti+4]. The number of benzene rings is 3. The van der Waals surface area contributed by atoms with E-state index in [0.29, 0.717) is 5.92 Å². The summed E-state index contributed by atoms with van der Waals surface area (Å²) in [6, 6.07) is 22.7. The standard InChI is InChI=1S/C41H55Si.3ClH.Ti/c1-13-30(6)38-17-16-18-39(38)42(35-20-28(4)19-29(5)21-35,36-23-31(14-2)22-32(15-3)24-36)37-26-33(40(7,8)9)25-34(27-37)41(10,11)12;;;;/h18-27,30H,13-16H2,1-12H3;3*1H;/q-1;;;;+4/p-3. The fraction of sp³-hybridized carbons (Fsp3) is 0.463. The molecule has 0 N–H and O–H groups in total. The van der Waals surface area contributed by atoms with Crippen LogP contribution in [0.15, 0.2) is 71.4 Å². The van der Waals surface area contributed by atoms with Crippen molar-refractivity contribution in [3.05, 3.63) is 111 Å². The van der Waals surface area contributed by atoms with Crippen LogP contribution in [0.25, 0.3) is 0 Å². The quantitative estimate of drug-likeness (QED) is 0.176. The van der Waals surface area contributed by atoms with E-state index in [1.165, 1.54) is 54.5 Å². The molecule has 0 aliphatic heterocycles. The minimum Gasteiger partial charge on any atom is -1.00 e. The predicted molar refractivity (Wildman–Crippen MR) is 189 cm³/mol. The maximum absolute atomic E-state index is 3.91. The Kier molecular flexibility index (Phi) is 17.1. The van der Waals surface area contributed by atoms with Gasteiger partial charge >= 0.3 is 21.7 Å². The van der Waals surface area contributed by atoms with Gasteiger partial charge in [-0.05, 0) is 59.8 Å². The molecule has 2 unspecified atom stereocenters. The average Bonchev–Trinajstić information content (AvgIpc) is 3.41. The number of rotatable bonds is 8. The molecule has 0 nitrogen and oxygen atoms in total. The van der Waals surface area contributed by atoms with Crippen molar-refractivity contribution >= 4 is 23.6 Å². The topological polar surface area (TPSA) is 0 Å². The van der Waals surface area contributed by atoms with Gasteiger partial charge in [-0.3, -0.25) is 6.08 Å². The van der Waals surface area contributed by atoms with Gasteiger partial charge < -0.3 is 37.2 Å². The van der Waals surface area contributed by atoms with Crippen LogP contribution in [-0.4, -0.2) is 8.07 Å². The summed E-state index contributed by atoms with van der Waals surface area (Å²) in [6.45, 7) is 28.2. The maximum atomic E-state index is 3.91. The van der Waals surface area contributed by atoms with E-state index in [9.17, 15) is 0 Å². The second kappa shape index (κ2) is 17.6. The molecule has 46 heavy (non-hydrogen) atoms.